The number of rotatable bonds is 3. The van der Waals surface area contributed by atoms with Gasteiger partial charge < -0.3 is 10.2 Å². The van der Waals surface area contributed by atoms with Crippen molar-refractivity contribution in [3.05, 3.63) is 35.4 Å². The van der Waals surface area contributed by atoms with Gasteiger partial charge in [-0.3, -0.25) is 4.79 Å². The number of hydrogen-bond acceptors (Lipinski definition) is 3. The van der Waals surface area contributed by atoms with E-state index in [1.165, 1.54) is 12.1 Å². The van der Waals surface area contributed by atoms with Gasteiger partial charge in [-0.1, -0.05) is 12.2 Å². The maximum Gasteiger partial charge on any atom is 0.153 e. The number of allylic oxidation sites excluding steroid dienone is 2. The van der Waals surface area contributed by atoms with E-state index < -0.39 is 0 Å². The number of phenolic OH excluding ortho intramolecular Hbond substituents is 2. The highest BCUT2D eigenvalue weighted by Crippen LogP contribution is 2.30. The first-order chi connectivity index (χ1) is 6.70. The Kier molecular flexibility index (Phi) is 3.29. The average molecular weight is 192 g/mol. The van der Waals surface area contributed by atoms with Crippen LogP contribution in [0, 0.1) is 0 Å². The zero-order valence-electron chi connectivity index (χ0n) is 7.90. The Morgan fingerprint density at radius 2 is 2.07 bits per heavy atom. The van der Waals surface area contributed by atoms with E-state index in [-0.39, 0.29) is 17.1 Å². The van der Waals surface area contributed by atoms with Crippen LogP contribution in [0.4, 0.5) is 0 Å². The normalized spacial score (nSPS) is 10.6. The molecule has 3 nitrogen and oxygen atoms in total. The van der Waals surface area contributed by atoms with Crippen molar-refractivity contribution in [2.45, 2.75) is 13.3 Å². The Balaban J connectivity index is 3.17. The molecule has 0 saturated carbocycles. The Labute approximate surface area is 82.3 Å². The van der Waals surface area contributed by atoms with Crippen LogP contribution in [0.15, 0.2) is 24.3 Å². The lowest BCUT2D eigenvalue weighted by atomic mass is 10.1. The van der Waals surface area contributed by atoms with Crippen molar-refractivity contribution >= 4 is 6.29 Å². The number of benzene rings is 1. The predicted octanol–water partition coefficient (Wildman–Crippen LogP) is 2.03. The predicted molar refractivity (Wildman–Crippen MR) is 53.7 cm³/mol. The Morgan fingerprint density at radius 3 is 2.64 bits per heavy atom. The molecule has 0 spiro atoms. The molecule has 0 aliphatic rings. The molecule has 2 N–H and O–H groups in total. The van der Waals surface area contributed by atoms with Gasteiger partial charge in [0.1, 0.15) is 11.5 Å². The summed E-state index contributed by atoms with van der Waals surface area (Å²) in [6.07, 6.45) is 4.58. The fourth-order valence-corrected chi connectivity index (χ4v) is 1.18. The summed E-state index contributed by atoms with van der Waals surface area (Å²) < 4.78 is 0. The van der Waals surface area contributed by atoms with Gasteiger partial charge in [-0.05, 0) is 25.5 Å². The number of carbonyl (C=O) groups excluding carboxylic acids is 1. The van der Waals surface area contributed by atoms with Crippen LogP contribution in [0.3, 0.4) is 0 Å². The SMILES string of the molecule is C/C=C/Cc1c(O)ccc(C=O)c1O. The Hall–Kier alpha value is -1.77. The third-order valence-electron chi connectivity index (χ3n) is 1.97. The van der Waals surface area contributed by atoms with Crippen LogP contribution in [-0.2, 0) is 6.42 Å². The zero-order valence-corrected chi connectivity index (χ0v) is 7.90. The van der Waals surface area contributed by atoms with Crippen molar-refractivity contribution in [2.75, 3.05) is 0 Å². The minimum atomic E-state index is -0.141. The van der Waals surface area contributed by atoms with Gasteiger partial charge in [0.15, 0.2) is 6.29 Å². The maximum absolute atomic E-state index is 10.5. The number of aldehydes is 1. The summed E-state index contributed by atoms with van der Waals surface area (Å²) in [5, 5.41) is 19.0. The first-order valence-corrected chi connectivity index (χ1v) is 4.30. The molecule has 0 saturated heterocycles. The molecule has 0 aliphatic heterocycles. The molecule has 14 heavy (non-hydrogen) atoms. The van der Waals surface area contributed by atoms with E-state index in [1.54, 1.807) is 6.08 Å². The van der Waals surface area contributed by atoms with Crippen LogP contribution < -0.4 is 0 Å². The molecule has 0 amide bonds. The maximum atomic E-state index is 10.5. The Bertz CT molecular complexity index is 367. The number of aromatic hydroxyl groups is 2. The quantitative estimate of drug-likeness (QED) is 0.569. The molecule has 0 heterocycles. The zero-order chi connectivity index (χ0) is 10.6. The van der Waals surface area contributed by atoms with Crippen LogP contribution in [0.2, 0.25) is 0 Å². The summed E-state index contributed by atoms with van der Waals surface area (Å²) >= 11 is 0. The molecular formula is C11H12O3. The lowest BCUT2D eigenvalue weighted by Gasteiger charge is -2.06. The lowest BCUT2D eigenvalue weighted by Crippen LogP contribution is -1.89. The van der Waals surface area contributed by atoms with E-state index in [9.17, 15) is 15.0 Å². The Morgan fingerprint density at radius 1 is 1.36 bits per heavy atom. The molecule has 1 aromatic rings. The lowest BCUT2D eigenvalue weighted by molar-refractivity contribution is 0.112. The first kappa shape index (κ1) is 10.3. The molecular weight excluding hydrogens is 180 g/mol. The van der Waals surface area contributed by atoms with Crippen molar-refractivity contribution in [1.29, 1.82) is 0 Å². The monoisotopic (exact) mass is 192 g/mol. The highest BCUT2D eigenvalue weighted by molar-refractivity contribution is 5.80. The van der Waals surface area contributed by atoms with Gasteiger partial charge >= 0.3 is 0 Å². The number of phenols is 2. The van der Waals surface area contributed by atoms with Gasteiger partial charge in [0.2, 0.25) is 0 Å². The topological polar surface area (TPSA) is 57.5 Å². The number of carbonyl (C=O) groups is 1. The third-order valence-corrected chi connectivity index (χ3v) is 1.97. The van der Waals surface area contributed by atoms with Crippen molar-refractivity contribution in [3.8, 4) is 11.5 Å². The molecule has 0 atom stereocenters. The highest BCUT2D eigenvalue weighted by Gasteiger charge is 2.09. The molecule has 0 radical (unpaired) electrons. The van der Waals surface area contributed by atoms with Crippen LogP contribution in [0.25, 0.3) is 0 Å². The minimum absolute atomic E-state index is 0.00574. The van der Waals surface area contributed by atoms with Gasteiger partial charge in [0.25, 0.3) is 0 Å². The molecule has 0 aromatic heterocycles. The summed E-state index contributed by atoms with van der Waals surface area (Å²) in [4.78, 5) is 10.5. The van der Waals surface area contributed by atoms with E-state index in [4.69, 9.17) is 0 Å². The van der Waals surface area contributed by atoms with E-state index in [0.717, 1.165) is 0 Å². The van der Waals surface area contributed by atoms with Crippen molar-refractivity contribution in [2.24, 2.45) is 0 Å². The minimum Gasteiger partial charge on any atom is -0.508 e. The summed E-state index contributed by atoms with van der Waals surface area (Å²) in [5.41, 5.74) is 0.579. The highest BCUT2D eigenvalue weighted by atomic mass is 16.3. The second-order valence-electron chi connectivity index (χ2n) is 2.89. The standard InChI is InChI=1S/C11H12O3/c1-2-3-4-9-10(13)6-5-8(7-12)11(9)14/h2-3,5-7,13-14H,4H2,1H3/b3-2+. The van der Waals surface area contributed by atoms with E-state index in [0.29, 0.717) is 18.3 Å². The van der Waals surface area contributed by atoms with Crippen molar-refractivity contribution < 1.29 is 15.0 Å². The fraction of sp³-hybridized carbons (Fsp3) is 0.182. The summed E-state index contributed by atoms with van der Waals surface area (Å²) in [7, 11) is 0. The molecule has 1 aromatic carbocycles. The van der Waals surface area contributed by atoms with Gasteiger partial charge in [-0.15, -0.1) is 0 Å². The van der Waals surface area contributed by atoms with Crippen LogP contribution in [0.5, 0.6) is 11.5 Å². The van der Waals surface area contributed by atoms with E-state index >= 15 is 0 Å². The second-order valence-corrected chi connectivity index (χ2v) is 2.89. The largest absolute Gasteiger partial charge is 0.508 e. The first-order valence-electron chi connectivity index (χ1n) is 4.30. The fourth-order valence-electron chi connectivity index (χ4n) is 1.18. The van der Waals surface area contributed by atoms with Gasteiger partial charge in [-0.2, -0.15) is 0 Å². The van der Waals surface area contributed by atoms with Crippen molar-refractivity contribution in [3.63, 3.8) is 0 Å². The average Bonchev–Trinajstić information content (AvgIpc) is 2.18. The van der Waals surface area contributed by atoms with Crippen LogP contribution in [-0.4, -0.2) is 16.5 Å². The molecule has 0 bridgehead atoms. The second kappa shape index (κ2) is 4.46. The molecule has 0 aliphatic carbocycles. The molecule has 1 rings (SSSR count). The van der Waals surface area contributed by atoms with Crippen LogP contribution in [0.1, 0.15) is 22.8 Å². The van der Waals surface area contributed by atoms with Gasteiger partial charge in [-0.25, -0.2) is 0 Å². The molecule has 0 unspecified atom stereocenters. The summed E-state index contributed by atoms with van der Waals surface area (Å²) in [6, 6.07) is 2.79. The van der Waals surface area contributed by atoms with Gasteiger partial charge in [0.05, 0.1) is 5.56 Å². The smallest absolute Gasteiger partial charge is 0.153 e. The van der Waals surface area contributed by atoms with E-state index in [1.807, 2.05) is 13.0 Å². The molecule has 74 valence electrons. The number of hydrogen-bond donors (Lipinski definition) is 2. The van der Waals surface area contributed by atoms with Crippen LogP contribution >= 0.6 is 0 Å². The third kappa shape index (κ3) is 1.93. The molecule has 0 fully saturated rings. The van der Waals surface area contributed by atoms with Gasteiger partial charge in [0, 0.05) is 5.56 Å². The van der Waals surface area contributed by atoms with Crippen molar-refractivity contribution in [1.82, 2.24) is 0 Å². The van der Waals surface area contributed by atoms with E-state index in [2.05, 4.69) is 0 Å². The molecule has 3 heteroatoms. The summed E-state index contributed by atoms with van der Waals surface area (Å²) in [5.74, 6) is -0.135. The summed E-state index contributed by atoms with van der Waals surface area (Å²) in [6.45, 7) is 1.84.